The van der Waals surface area contributed by atoms with E-state index in [1.807, 2.05) is 31.2 Å². The monoisotopic (exact) mass is 381 g/mol. The lowest BCUT2D eigenvalue weighted by Crippen LogP contribution is -2.23. The first-order valence-electron chi connectivity index (χ1n) is 8.35. The number of benzene rings is 2. The number of amides is 1. The van der Waals surface area contributed by atoms with Crippen LogP contribution in [0.3, 0.4) is 0 Å². The van der Waals surface area contributed by atoms with Crippen LogP contribution >= 0.6 is 0 Å². The number of carbonyl (C=O) groups is 1. The molecule has 0 unspecified atom stereocenters. The van der Waals surface area contributed by atoms with Crippen LogP contribution in [-0.2, 0) is 11.3 Å². The van der Waals surface area contributed by atoms with Crippen molar-refractivity contribution in [2.75, 3.05) is 6.79 Å². The molecule has 0 saturated carbocycles. The van der Waals surface area contributed by atoms with Gasteiger partial charge in [-0.25, -0.2) is 10.4 Å². The lowest BCUT2D eigenvalue weighted by atomic mass is 10.1. The van der Waals surface area contributed by atoms with Crippen molar-refractivity contribution >= 4 is 28.8 Å². The van der Waals surface area contributed by atoms with Crippen molar-refractivity contribution in [3.05, 3.63) is 57.9 Å². The molecule has 1 aliphatic rings. The molecule has 1 amide bonds. The minimum absolute atomic E-state index is 0.00202. The van der Waals surface area contributed by atoms with E-state index in [2.05, 4.69) is 15.5 Å². The van der Waals surface area contributed by atoms with Gasteiger partial charge in [0.1, 0.15) is 12.4 Å². The summed E-state index contributed by atoms with van der Waals surface area (Å²) in [5.41, 5.74) is 4.02. The number of ether oxygens (including phenoxy) is 2. The molecule has 28 heavy (non-hydrogen) atoms. The van der Waals surface area contributed by atoms with Gasteiger partial charge in [-0.05, 0) is 25.1 Å². The molecule has 1 aromatic heterocycles. The molecule has 0 fully saturated rings. The molecule has 0 saturated heterocycles. The topological polar surface area (TPSA) is 121 Å². The van der Waals surface area contributed by atoms with E-state index in [0.29, 0.717) is 17.3 Å². The highest BCUT2D eigenvalue weighted by molar-refractivity contribution is 5.88. The first-order chi connectivity index (χ1) is 13.5. The van der Waals surface area contributed by atoms with E-state index in [-0.39, 0.29) is 30.5 Å². The van der Waals surface area contributed by atoms with Crippen molar-refractivity contribution in [2.45, 2.75) is 13.5 Å². The molecule has 3 aromatic rings. The Kier molecular flexibility index (Phi) is 4.36. The Balaban J connectivity index is 1.50. The Labute approximate surface area is 158 Å². The van der Waals surface area contributed by atoms with Gasteiger partial charge in [0.05, 0.1) is 33.8 Å². The third kappa shape index (κ3) is 3.22. The molecular formula is C18H15N5O5. The zero-order valence-electron chi connectivity index (χ0n) is 14.8. The number of imidazole rings is 1. The Hall–Kier alpha value is -3.95. The Morgan fingerprint density at radius 3 is 2.89 bits per heavy atom. The number of para-hydroxylation sites is 2. The van der Waals surface area contributed by atoms with Crippen molar-refractivity contribution < 1.29 is 19.2 Å². The van der Waals surface area contributed by atoms with Gasteiger partial charge >= 0.3 is 0 Å². The minimum Gasteiger partial charge on any atom is -0.454 e. The third-order valence-electron chi connectivity index (χ3n) is 4.26. The fourth-order valence-electron chi connectivity index (χ4n) is 2.96. The zero-order chi connectivity index (χ0) is 19.7. The second-order valence-electron chi connectivity index (χ2n) is 6.05. The number of carbonyl (C=O) groups excluding carboxylic acids is 1. The van der Waals surface area contributed by atoms with Crippen LogP contribution in [0.5, 0.6) is 11.5 Å². The summed E-state index contributed by atoms with van der Waals surface area (Å²) in [6.45, 7) is 1.83. The van der Waals surface area contributed by atoms with E-state index in [9.17, 15) is 14.9 Å². The van der Waals surface area contributed by atoms with E-state index in [1.54, 1.807) is 4.57 Å². The summed E-state index contributed by atoms with van der Waals surface area (Å²) < 4.78 is 12.1. The number of rotatable bonds is 5. The largest absolute Gasteiger partial charge is 0.454 e. The van der Waals surface area contributed by atoms with Crippen LogP contribution in [0.1, 0.15) is 11.4 Å². The number of nitro benzene ring substituents is 1. The number of nitrogens with one attached hydrogen (secondary N) is 1. The summed E-state index contributed by atoms with van der Waals surface area (Å²) in [4.78, 5) is 27.3. The summed E-state index contributed by atoms with van der Waals surface area (Å²) in [6.07, 6.45) is 1.21. The molecule has 0 atom stereocenters. The summed E-state index contributed by atoms with van der Waals surface area (Å²) >= 11 is 0. The fraction of sp³-hybridized carbons (Fsp3) is 0.167. The second-order valence-corrected chi connectivity index (χ2v) is 6.05. The Morgan fingerprint density at radius 2 is 2.11 bits per heavy atom. The summed E-state index contributed by atoms with van der Waals surface area (Å²) in [5, 5.41) is 15.1. The van der Waals surface area contributed by atoms with Crippen molar-refractivity contribution in [2.24, 2.45) is 5.10 Å². The van der Waals surface area contributed by atoms with Crippen molar-refractivity contribution in [1.82, 2.24) is 15.0 Å². The van der Waals surface area contributed by atoms with E-state index >= 15 is 0 Å². The quantitative estimate of drug-likeness (QED) is 0.411. The first-order valence-corrected chi connectivity index (χ1v) is 8.35. The molecule has 0 bridgehead atoms. The first kappa shape index (κ1) is 17.5. The standard InChI is InChI=1S/C18H15N5O5/c1-11-20-13-4-2-3-5-14(13)22(11)9-18(24)21-19-8-12-6-16-17(28-10-27-16)7-15(12)23(25)26/h2-8H,9-10H2,1H3,(H,21,24)/b19-8-. The van der Waals surface area contributed by atoms with E-state index in [1.165, 1.54) is 18.3 Å². The van der Waals surface area contributed by atoms with Gasteiger partial charge in [0.25, 0.3) is 11.6 Å². The van der Waals surface area contributed by atoms with Crippen LogP contribution in [-0.4, -0.2) is 33.4 Å². The van der Waals surface area contributed by atoms with Gasteiger partial charge in [-0.15, -0.1) is 0 Å². The van der Waals surface area contributed by atoms with Crippen LogP contribution in [0.25, 0.3) is 11.0 Å². The third-order valence-corrected chi connectivity index (χ3v) is 4.26. The maximum atomic E-state index is 12.3. The van der Waals surface area contributed by atoms with E-state index in [0.717, 1.165) is 11.0 Å². The highest BCUT2D eigenvalue weighted by atomic mass is 16.7. The zero-order valence-corrected chi connectivity index (χ0v) is 14.8. The normalized spacial score (nSPS) is 12.6. The van der Waals surface area contributed by atoms with Gasteiger partial charge in [-0.2, -0.15) is 5.10 Å². The number of nitrogens with zero attached hydrogens (tertiary/aromatic N) is 4. The molecule has 2 aromatic carbocycles. The average Bonchev–Trinajstić information content (AvgIpc) is 3.25. The maximum Gasteiger partial charge on any atom is 0.282 e. The molecule has 1 N–H and O–H groups in total. The highest BCUT2D eigenvalue weighted by Crippen LogP contribution is 2.37. The van der Waals surface area contributed by atoms with E-state index in [4.69, 9.17) is 9.47 Å². The molecule has 2 heterocycles. The van der Waals surface area contributed by atoms with Gasteiger partial charge in [0.15, 0.2) is 11.5 Å². The SMILES string of the molecule is Cc1nc2ccccc2n1CC(=O)N/N=C\c1cc2c(cc1[N+](=O)[O-])OCO2. The van der Waals surface area contributed by atoms with Gasteiger partial charge in [0, 0.05) is 0 Å². The minimum atomic E-state index is -0.549. The van der Waals surface area contributed by atoms with Crippen LogP contribution in [0, 0.1) is 17.0 Å². The van der Waals surface area contributed by atoms with Crippen molar-refractivity contribution in [3.8, 4) is 11.5 Å². The lowest BCUT2D eigenvalue weighted by molar-refractivity contribution is -0.385. The molecule has 0 spiro atoms. The number of hydrogen-bond acceptors (Lipinski definition) is 7. The molecule has 10 nitrogen and oxygen atoms in total. The molecule has 0 radical (unpaired) electrons. The predicted octanol–water partition coefficient (Wildman–Crippen LogP) is 2.13. The molecular weight excluding hydrogens is 366 g/mol. The molecule has 1 aliphatic heterocycles. The van der Waals surface area contributed by atoms with Crippen LogP contribution in [0.2, 0.25) is 0 Å². The molecule has 0 aliphatic carbocycles. The number of fused-ring (bicyclic) bond motifs is 2. The van der Waals surface area contributed by atoms with Gasteiger partial charge in [-0.1, -0.05) is 12.1 Å². The second kappa shape index (κ2) is 6.99. The number of nitro groups is 1. The van der Waals surface area contributed by atoms with Gasteiger partial charge in [-0.3, -0.25) is 14.9 Å². The van der Waals surface area contributed by atoms with Crippen LogP contribution in [0.15, 0.2) is 41.5 Å². The van der Waals surface area contributed by atoms with Crippen molar-refractivity contribution in [3.63, 3.8) is 0 Å². The number of aryl methyl sites for hydroxylation is 1. The molecule has 4 rings (SSSR count). The van der Waals surface area contributed by atoms with E-state index < -0.39 is 4.92 Å². The Bertz CT molecular complexity index is 1120. The van der Waals surface area contributed by atoms with Gasteiger partial charge < -0.3 is 14.0 Å². The molecule has 142 valence electrons. The fourth-order valence-corrected chi connectivity index (χ4v) is 2.96. The number of hydrazone groups is 1. The summed E-state index contributed by atoms with van der Waals surface area (Å²) in [6, 6.07) is 10.2. The summed E-state index contributed by atoms with van der Waals surface area (Å²) in [5.74, 6) is 1.01. The lowest BCUT2D eigenvalue weighted by Gasteiger charge is -2.05. The number of hydrogen-bond donors (Lipinski definition) is 1. The highest BCUT2D eigenvalue weighted by Gasteiger charge is 2.22. The molecule has 10 heteroatoms. The number of aromatic nitrogens is 2. The smallest absolute Gasteiger partial charge is 0.282 e. The maximum absolute atomic E-state index is 12.3. The van der Waals surface area contributed by atoms with Gasteiger partial charge in [0.2, 0.25) is 6.79 Å². The van der Waals surface area contributed by atoms with Crippen LogP contribution < -0.4 is 14.9 Å². The summed E-state index contributed by atoms with van der Waals surface area (Å²) in [7, 11) is 0. The van der Waals surface area contributed by atoms with Crippen molar-refractivity contribution in [1.29, 1.82) is 0 Å². The average molecular weight is 381 g/mol. The van der Waals surface area contributed by atoms with Crippen LogP contribution in [0.4, 0.5) is 5.69 Å². The predicted molar refractivity (Wildman–Crippen MR) is 99.4 cm³/mol. The Morgan fingerprint density at radius 1 is 1.36 bits per heavy atom.